The van der Waals surface area contributed by atoms with E-state index in [-0.39, 0.29) is 35.9 Å². The van der Waals surface area contributed by atoms with Gasteiger partial charge in [-0.1, -0.05) is 6.07 Å². The van der Waals surface area contributed by atoms with Crippen LogP contribution in [0.3, 0.4) is 0 Å². The first-order chi connectivity index (χ1) is 13.6. The molecule has 0 spiro atoms. The van der Waals surface area contributed by atoms with Gasteiger partial charge in [-0.05, 0) is 52.2 Å². The number of hydrogen-bond acceptors (Lipinski definition) is 5. The van der Waals surface area contributed by atoms with Crippen LogP contribution in [0.2, 0.25) is 0 Å². The van der Waals surface area contributed by atoms with Crippen LogP contribution in [0.15, 0.2) is 23.3 Å². The fourth-order valence-corrected chi connectivity index (χ4v) is 3.46. The number of guanidine groups is 1. The van der Waals surface area contributed by atoms with Gasteiger partial charge in [0.05, 0.1) is 19.1 Å². The first-order valence-electron chi connectivity index (χ1n) is 10.5. The van der Waals surface area contributed by atoms with E-state index in [2.05, 4.69) is 53.0 Å². The third kappa shape index (κ3) is 7.64. The van der Waals surface area contributed by atoms with E-state index in [0.29, 0.717) is 19.7 Å². The molecule has 1 aromatic rings. The van der Waals surface area contributed by atoms with Crippen LogP contribution in [0, 0.1) is 5.92 Å². The van der Waals surface area contributed by atoms with E-state index in [9.17, 15) is 4.79 Å². The smallest absolute Gasteiger partial charge is 0.310 e. The average Bonchev–Trinajstić information content (AvgIpc) is 2.73. The third-order valence-corrected chi connectivity index (χ3v) is 4.98. The van der Waals surface area contributed by atoms with Crippen LogP contribution in [-0.4, -0.2) is 61.1 Å². The number of aliphatic imine (C=N–C) groups is 1. The number of rotatable bonds is 8. The summed E-state index contributed by atoms with van der Waals surface area (Å²) in [5, 5.41) is 3.36. The normalized spacial score (nSPS) is 16.8. The van der Waals surface area contributed by atoms with E-state index in [4.69, 9.17) is 9.73 Å². The van der Waals surface area contributed by atoms with E-state index < -0.39 is 0 Å². The maximum absolute atomic E-state index is 12.1. The van der Waals surface area contributed by atoms with Crippen LogP contribution in [0.4, 0.5) is 5.82 Å². The van der Waals surface area contributed by atoms with Crippen molar-refractivity contribution in [3.05, 3.63) is 23.9 Å². The van der Waals surface area contributed by atoms with Crippen LogP contribution in [0.25, 0.3) is 0 Å². The van der Waals surface area contributed by atoms with E-state index >= 15 is 0 Å². The Bertz CT molecular complexity index is 634. The Morgan fingerprint density at radius 3 is 2.66 bits per heavy atom. The summed E-state index contributed by atoms with van der Waals surface area (Å²) in [6, 6.07) is 4.15. The highest BCUT2D eigenvalue weighted by Gasteiger charge is 2.28. The molecule has 1 saturated heterocycles. The van der Waals surface area contributed by atoms with Crippen LogP contribution < -0.4 is 10.2 Å². The topological polar surface area (TPSA) is 70.1 Å². The van der Waals surface area contributed by atoms with Crippen LogP contribution in [0.5, 0.6) is 0 Å². The van der Waals surface area contributed by atoms with Gasteiger partial charge in [-0.3, -0.25) is 4.79 Å². The van der Waals surface area contributed by atoms with Gasteiger partial charge in [0, 0.05) is 38.9 Å². The summed E-state index contributed by atoms with van der Waals surface area (Å²) in [7, 11) is 0. The highest BCUT2D eigenvalue weighted by atomic mass is 127. The van der Waals surface area contributed by atoms with Crippen molar-refractivity contribution in [1.29, 1.82) is 0 Å². The maximum Gasteiger partial charge on any atom is 0.310 e. The summed E-state index contributed by atoms with van der Waals surface area (Å²) in [5.74, 6) is 1.68. The molecule has 1 N–H and O–H groups in total. The van der Waals surface area contributed by atoms with Crippen LogP contribution in [-0.2, 0) is 16.1 Å². The van der Waals surface area contributed by atoms with Crippen molar-refractivity contribution in [2.24, 2.45) is 10.9 Å². The first-order valence-corrected chi connectivity index (χ1v) is 10.5. The number of carbonyl (C=O) groups is 1. The van der Waals surface area contributed by atoms with Crippen LogP contribution in [0.1, 0.15) is 46.1 Å². The van der Waals surface area contributed by atoms with E-state index in [1.54, 1.807) is 0 Å². The highest BCUT2D eigenvalue weighted by molar-refractivity contribution is 14.0. The van der Waals surface area contributed by atoms with Crippen molar-refractivity contribution in [1.82, 2.24) is 15.2 Å². The summed E-state index contributed by atoms with van der Waals surface area (Å²) in [6.07, 6.45) is 3.75. The summed E-state index contributed by atoms with van der Waals surface area (Å²) in [4.78, 5) is 25.9. The summed E-state index contributed by atoms with van der Waals surface area (Å²) < 4.78 is 5.21. The molecule has 1 aliphatic heterocycles. The third-order valence-electron chi connectivity index (χ3n) is 4.98. The van der Waals surface area contributed by atoms with Crippen molar-refractivity contribution in [3.8, 4) is 0 Å². The monoisotopic (exact) mass is 517 g/mol. The number of pyridine rings is 1. The Labute approximate surface area is 192 Å². The van der Waals surface area contributed by atoms with E-state index in [0.717, 1.165) is 56.4 Å². The molecule has 0 radical (unpaired) electrons. The number of hydrogen-bond donors (Lipinski definition) is 1. The van der Waals surface area contributed by atoms with Gasteiger partial charge in [0.1, 0.15) is 5.82 Å². The van der Waals surface area contributed by atoms with Crippen molar-refractivity contribution >= 4 is 41.7 Å². The molecule has 0 aromatic carbocycles. The molecule has 0 aliphatic carbocycles. The number of anilines is 1. The molecule has 164 valence electrons. The van der Waals surface area contributed by atoms with Gasteiger partial charge in [0.15, 0.2) is 5.96 Å². The number of esters is 1. The Kier molecular flexibility index (Phi) is 11.9. The Morgan fingerprint density at radius 2 is 2.07 bits per heavy atom. The lowest BCUT2D eigenvalue weighted by atomic mass is 9.98. The van der Waals surface area contributed by atoms with E-state index in [1.807, 2.05) is 13.1 Å². The zero-order valence-corrected chi connectivity index (χ0v) is 20.5. The number of piperidine rings is 1. The van der Waals surface area contributed by atoms with Gasteiger partial charge in [-0.15, -0.1) is 24.0 Å². The molecule has 0 saturated carbocycles. The summed E-state index contributed by atoms with van der Waals surface area (Å²) >= 11 is 0. The molecule has 2 heterocycles. The molecule has 1 unspecified atom stereocenters. The van der Waals surface area contributed by atoms with Gasteiger partial charge < -0.3 is 19.9 Å². The molecule has 0 bridgehead atoms. The summed E-state index contributed by atoms with van der Waals surface area (Å²) in [5.41, 5.74) is 1.07. The minimum atomic E-state index is -0.0979. The number of halogens is 1. The van der Waals surface area contributed by atoms with E-state index in [1.165, 1.54) is 0 Å². The Hall–Kier alpha value is -1.58. The maximum atomic E-state index is 12.1. The van der Waals surface area contributed by atoms with Crippen LogP contribution >= 0.6 is 24.0 Å². The largest absolute Gasteiger partial charge is 0.466 e. The minimum Gasteiger partial charge on any atom is -0.466 e. The fourth-order valence-electron chi connectivity index (χ4n) is 3.46. The molecular formula is C21H36IN5O2. The van der Waals surface area contributed by atoms with Crippen molar-refractivity contribution < 1.29 is 9.53 Å². The van der Waals surface area contributed by atoms with Crippen molar-refractivity contribution in [2.45, 2.75) is 47.1 Å². The Morgan fingerprint density at radius 1 is 1.31 bits per heavy atom. The molecule has 7 nitrogen and oxygen atoms in total. The molecule has 1 atom stereocenters. The zero-order chi connectivity index (χ0) is 20.4. The average molecular weight is 517 g/mol. The molecule has 1 fully saturated rings. The number of ether oxygens (including phenoxy) is 1. The SMILES string of the molecule is CCNC(=NCc1ccc(N(CC)CC)nc1)N1CCCC(C(=O)OCC)C1.I. The Balaban J connectivity index is 0.00000420. The lowest BCUT2D eigenvalue weighted by Gasteiger charge is -2.34. The quantitative estimate of drug-likeness (QED) is 0.247. The number of aromatic nitrogens is 1. The number of carbonyl (C=O) groups excluding carboxylic acids is 1. The second-order valence-electron chi connectivity index (χ2n) is 6.90. The standard InChI is InChI=1S/C21H35N5O2.HI/c1-5-22-21(26-13-9-10-18(16-26)20(27)28-8-4)24-15-17-11-12-19(23-14-17)25(6-2)7-3;/h11-12,14,18H,5-10,13,15-16H2,1-4H3,(H,22,24);1H. The highest BCUT2D eigenvalue weighted by Crippen LogP contribution is 2.18. The predicted molar refractivity (Wildman–Crippen MR) is 129 cm³/mol. The second-order valence-corrected chi connectivity index (χ2v) is 6.90. The molecule has 29 heavy (non-hydrogen) atoms. The molecule has 1 aromatic heterocycles. The van der Waals surface area contributed by atoms with Crippen molar-refractivity contribution in [2.75, 3.05) is 44.2 Å². The molecular weight excluding hydrogens is 481 g/mol. The van der Waals surface area contributed by atoms with Gasteiger partial charge in [0.25, 0.3) is 0 Å². The number of nitrogens with zero attached hydrogens (tertiary/aromatic N) is 4. The van der Waals surface area contributed by atoms with Gasteiger partial charge in [0.2, 0.25) is 0 Å². The van der Waals surface area contributed by atoms with Gasteiger partial charge in [-0.25, -0.2) is 9.98 Å². The lowest BCUT2D eigenvalue weighted by Crippen LogP contribution is -2.48. The first kappa shape index (κ1) is 25.5. The molecule has 0 amide bonds. The molecule has 8 heteroatoms. The predicted octanol–water partition coefficient (Wildman–Crippen LogP) is 3.29. The molecule has 2 rings (SSSR count). The fraction of sp³-hybridized carbons (Fsp3) is 0.667. The number of nitrogens with one attached hydrogen (secondary N) is 1. The van der Waals surface area contributed by atoms with Crippen molar-refractivity contribution in [3.63, 3.8) is 0 Å². The second kappa shape index (κ2) is 13.6. The lowest BCUT2D eigenvalue weighted by molar-refractivity contribution is -0.149. The van der Waals surface area contributed by atoms with Gasteiger partial charge >= 0.3 is 5.97 Å². The zero-order valence-electron chi connectivity index (χ0n) is 18.2. The minimum absolute atomic E-state index is 0. The van der Waals surface area contributed by atoms with Gasteiger partial charge in [-0.2, -0.15) is 0 Å². The molecule has 1 aliphatic rings. The summed E-state index contributed by atoms with van der Waals surface area (Å²) in [6.45, 7) is 13.4. The number of likely N-dealkylation sites (tertiary alicyclic amines) is 1.